The quantitative estimate of drug-likeness (QED) is 0.0834. The summed E-state index contributed by atoms with van der Waals surface area (Å²) in [6.07, 6.45) is 20.5. The summed E-state index contributed by atoms with van der Waals surface area (Å²) in [6.45, 7) is 3.69. The summed E-state index contributed by atoms with van der Waals surface area (Å²) in [4.78, 5) is 45.8. The van der Waals surface area contributed by atoms with Crippen LogP contribution in [-0.2, 0) is 9.59 Å². The Balaban J connectivity index is 0.000000552. The van der Waals surface area contributed by atoms with Gasteiger partial charge in [-0.3, -0.25) is 19.2 Å². The fourth-order valence-corrected chi connectivity index (χ4v) is 4.64. The Morgan fingerprint density at radius 1 is 0.475 bits per heavy atom. The Kier molecular flexibility index (Phi) is 21.1. The van der Waals surface area contributed by atoms with Crippen LogP contribution in [0, 0.1) is 0 Å². The molecule has 0 bridgehead atoms. The van der Waals surface area contributed by atoms with E-state index in [-0.39, 0.29) is 36.0 Å². The summed E-state index contributed by atoms with van der Waals surface area (Å²) in [5.41, 5.74) is 1.25. The number of hydrogen-bond acceptors (Lipinski definition) is 4. The maximum absolute atomic E-state index is 12.0. The van der Waals surface area contributed by atoms with Gasteiger partial charge < -0.3 is 0 Å². The van der Waals surface area contributed by atoms with E-state index in [2.05, 4.69) is 6.92 Å². The molecule has 220 valence electrons. The second kappa shape index (κ2) is 24.0. The molecule has 0 saturated carbocycles. The van der Waals surface area contributed by atoms with Gasteiger partial charge in [0.1, 0.15) is 11.6 Å². The van der Waals surface area contributed by atoms with Crippen molar-refractivity contribution in [2.75, 3.05) is 0 Å². The van der Waals surface area contributed by atoms with Gasteiger partial charge in [-0.25, -0.2) is 0 Å². The first kappa shape index (κ1) is 35.1. The van der Waals surface area contributed by atoms with Crippen LogP contribution >= 0.6 is 0 Å². The van der Waals surface area contributed by atoms with Crippen molar-refractivity contribution < 1.29 is 19.2 Å². The number of ketones is 4. The molecule has 0 radical (unpaired) electrons. The summed E-state index contributed by atoms with van der Waals surface area (Å²) in [5.74, 6) is -0.165. The Labute approximate surface area is 243 Å². The van der Waals surface area contributed by atoms with E-state index >= 15 is 0 Å². The first-order valence-electron chi connectivity index (χ1n) is 15.6. The number of hydrogen-bond donors (Lipinski definition) is 0. The molecule has 0 atom stereocenters. The molecule has 0 fully saturated rings. The van der Waals surface area contributed by atoms with Crippen LogP contribution in [0.25, 0.3) is 0 Å². The maximum Gasteiger partial charge on any atom is 0.170 e. The predicted molar refractivity (Wildman–Crippen MR) is 166 cm³/mol. The molecule has 0 saturated heterocycles. The van der Waals surface area contributed by atoms with Crippen LogP contribution in [0.5, 0.6) is 0 Å². The lowest BCUT2D eigenvalue weighted by atomic mass is 10.0. The molecule has 0 unspecified atom stereocenters. The zero-order valence-electron chi connectivity index (χ0n) is 25.1. The first-order chi connectivity index (χ1) is 19.4. The van der Waals surface area contributed by atoms with Gasteiger partial charge in [-0.2, -0.15) is 0 Å². The van der Waals surface area contributed by atoms with Crippen molar-refractivity contribution in [1.29, 1.82) is 0 Å². The largest absolute Gasteiger partial charge is 0.300 e. The van der Waals surface area contributed by atoms with Gasteiger partial charge in [-0.1, -0.05) is 157 Å². The molecule has 4 nitrogen and oxygen atoms in total. The summed E-state index contributed by atoms with van der Waals surface area (Å²) >= 11 is 0. The van der Waals surface area contributed by atoms with Crippen molar-refractivity contribution in [3.05, 3.63) is 71.8 Å². The van der Waals surface area contributed by atoms with Gasteiger partial charge in [-0.15, -0.1) is 0 Å². The van der Waals surface area contributed by atoms with Crippen LogP contribution in [0.4, 0.5) is 0 Å². The third-order valence-electron chi connectivity index (χ3n) is 7.02. The Bertz CT molecular complexity index is 949. The van der Waals surface area contributed by atoms with Crippen LogP contribution in [0.3, 0.4) is 0 Å². The molecule has 0 spiro atoms. The topological polar surface area (TPSA) is 68.3 Å². The molecule has 0 aliphatic rings. The number of rotatable bonds is 22. The summed E-state index contributed by atoms with van der Waals surface area (Å²) in [6, 6.07) is 18.0. The van der Waals surface area contributed by atoms with Gasteiger partial charge in [0.2, 0.25) is 0 Å². The van der Waals surface area contributed by atoms with Gasteiger partial charge in [0.15, 0.2) is 11.6 Å². The summed E-state index contributed by atoms with van der Waals surface area (Å²) < 4.78 is 0. The lowest BCUT2D eigenvalue weighted by Crippen LogP contribution is -2.07. The van der Waals surface area contributed by atoms with Crippen molar-refractivity contribution >= 4 is 23.1 Å². The van der Waals surface area contributed by atoms with Crippen LogP contribution in [-0.4, -0.2) is 23.1 Å². The van der Waals surface area contributed by atoms with Gasteiger partial charge in [-0.05, 0) is 13.3 Å². The molecule has 0 heterocycles. The minimum absolute atomic E-state index is 0.00398. The van der Waals surface area contributed by atoms with E-state index in [1.807, 2.05) is 24.3 Å². The normalized spacial score (nSPS) is 10.4. The zero-order chi connectivity index (χ0) is 29.3. The number of unbranched alkanes of at least 4 members (excludes halogenated alkanes) is 14. The molecule has 2 aromatic rings. The molecular formula is C36H52O4. The van der Waals surface area contributed by atoms with Crippen molar-refractivity contribution in [2.45, 2.75) is 129 Å². The zero-order valence-corrected chi connectivity index (χ0v) is 25.1. The van der Waals surface area contributed by atoms with E-state index in [0.29, 0.717) is 17.5 Å². The number of carbonyl (C=O) groups excluding carboxylic acids is 4. The summed E-state index contributed by atoms with van der Waals surface area (Å²) in [5, 5.41) is 0. The van der Waals surface area contributed by atoms with Gasteiger partial charge in [0.25, 0.3) is 0 Å². The second-order valence-electron chi connectivity index (χ2n) is 10.9. The molecular weight excluding hydrogens is 496 g/mol. The highest BCUT2D eigenvalue weighted by atomic mass is 16.2. The molecule has 0 aromatic heterocycles. The van der Waals surface area contributed by atoms with Crippen LogP contribution < -0.4 is 0 Å². The molecule has 0 aliphatic heterocycles. The van der Waals surface area contributed by atoms with Crippen LogP contribution in [0.15, 0.2) is 60.7 Å². The number of benzene rings is 2. The average Bonchev–Trinajstić information content (AvgIpc) is 2.96. The lowest BCUT2D eigenvalue weighted by molar-refractivity contribution is -0.118. The van der Waals surface area contributed by atoms with Crippen LogP contribution in [0.2, 0.25) is 0 Å². The van der Waals surface area contributed by atoms with E-state index in [0.717, 1.165) is 12.8 Å². The summed E-state index contributed by atoms with van der Waals surface area (Å²) in [7, 11) is 0. The van der Waals surface area contributed by atoms with Crippen molar-refractivity contribution in [3.63, 3.8) is 0 Å². The molecule has 0 N–H and O–H groups in total. The SMILES string of the molecule is CC(=O)CC(=O)c1ccccc1.CCCCCCCCCCCCCCCCCC(=O)CC(=O)c1ccccc1. The predicted octanol–water partition coefficient (Wildman–Crippen LogP) is 9.94. The maximum atomic E-state index is 12.0. The first-order valence-corrected chi connectivity index (χ1v) is 15.6. The van der Waals surface area contributed by atoms with E-state index in [1.165, 1.54) is 90.4 Å². The highest BCUT2D eigenvalue weighted by molar-refractivity contribution is 6.08. The molecule has 0 amide bonds. The van der Waals surface area contributed by atoms with E-state index in [1.54, 1.807) is 36.4 Å². The fraction of sp³-hybridized carbons (Fsp3) is 0.556. The minimum atomic E-state index is -0.108. The minimum Gasteiger partial charge on any atom is -0.300 e. The van der Waals surface area contributed by atoms with Crippen molar-refractivity contribution in [3.8, 4) is 0 Å². The van der Waals surface area contributed by atoms with Crippen LogP contribution in [0.1, 0.15) is 150 Å². The molecule has 2 aromatic carbocycles. The van der Waals surface area contributed by atoms with Gasteiger partial charge in [0.05, 0.1) is 12.8 Å². The Morgan fingerprint density at radius 2 is 0.825 bits per heavy atom. The molecule has 0 aliphatic carbocycles. The number of carbonyl (C=O) groups is 4. The monoisotopic (exact) mass is 548 g/mol. The van der Waals surface area contributed by atoms with E-state index < -0.39 is 0 Å². The second-order valence-corrected chi connectivity index (χ2v) is 10.9. The highest BCUT2D eigenvalue weighted by Crippen LogP contribution is 2.14. The highest BCUT2D eigenvalue weighted by Gasteiger charge is 2.11. The standard InChI is InChI=1S/C26H42O2.C10H10O2/c1-2-3-4-5-6-7-8-9-10-11-12-13-14-15-19-22-25(27)23-26(28)24-20-17-16-18-21-24;1-8(11)7-10(12)9-5-3-2-4-6-9/h16-18,20-21H,2-15,19,22-23H2,1H3;2-6H,7H2,1H3. The third kappa shape index (κ3) is 19.2. The molecule has 2 rings (SSSR count). The third-order valence-corrected chi connectivity index (χ3v) is 7.02. The van der Waals surface area contributed by atoms with Gasteiger partial charge >= 0.3 is 0 Å². The van der Waals surface area contributed by atoms with Crippen molar-refractivity contribution in [2.24, 2.45) is 0 Å². The smallest absolute Gasteiger partial charge is 0.170 e. The Hall–Kier alpha value is -2.88. The lowest BCUT2D eigenvalue weighted by Gasteiger charge is -2.04. The molecule has 40 heavy (non-hydrogen) atoms. The Morgan fingerprint density at radius 3 is 1.20 bits per heavy atom. The fourth-order valence-electron chi connectivity index (χ4n) is 4.64. The molecule has 4 heteroatoms. The van der Waals surface area contributed by atoms with E-state index in [4.69, 9.17) is 0 Å². The van der Waals surface area contributed by atoms with Crippen molar-refractivity contribution in [1.82, 2.24) is 0 Å². The van der Waals surface area contributed by atoms with Gasteiger partial charge in [0, 0.05) is 17.5 Å². The van der Waals surface area contributed by atoms with E-state index in [9.17, 15) is 19.2 Å². The number of Topliss-reactive ketones (excluding diaryl/α,β-unsaturated/α-hetero) is 4. The average molecular weight is 549 g/mol.